The van der Waals surface area contributed by atoms with E-state index >= 15 is 0 Å². The van der Waals surface area contributed by atoms with E-state index < -0.39 is 24.0 Å². The highest BCUT2D eigenvalue weighted by Gasteiger charge is 2.36. The molecule has 3 atom stereocenters. The molecule has 1 aliphatic heterocycles. The Bertz CT molecular complexity index is 1010. The van der Waals surface area contributed by atoms with Gasteiger partial charge >= 0.3 is 12.1 Å². The zero-order valence-corrected chi connectivity index (χ0v) is 19.0. The molecule has 2 unspecified atom stereocenters. The molecular weight excluding hydrogens is 420 g/mol. The van der Waals surface area contributed by atoms with E-state index in [1.54, 1.807) is 4.90 Å². The second-order valence-corrected chi connectivity index (χ2v) is 8.93. The lowest BCUT2D eigenvalue weighted by molar-refractivity contribution is -0.148. The van der Waals surface area contributed by atoms with Gasteiger partial charge in [-0.2, -0.15) is 0 Å². The fourth-order valence-electron chi connectivity index (χ4n) is 4.93. The number of nitrogens with one attached hydrogen (secondary N) is 1. The minimum Gasteiger partial charge on any atom is -0.481 e. The van der Waals surface area contributed by atoms with Crippen molar-refractivity contribution in [2.75, 3.05) is 19.7 Å². The molecule has 0 spiro atoms. The van der Waals surface area contributed by atoms with Crippen LogP contribution in [-0.2, 0) is 14.3 Å². The minimum absolute atomic E-state index is 0.0155. The summed E-state index contributed by atoms with van der Waals surface area (Å²) in [6.45, 7) is 4.54. The third-order valence-corrected chi connectivity index (χ3v) is 6.93. The Hall–Kier alpha value is -3.35. The number of carbonyl (C=O) groups is 3. The van der Waals surface area contributed by atoms with Crippen LogP contribution in [0.15, 0.2) is 48.5 Å². The van der Waals surface area contributed by atoms with Crippen molar-refractivity contribution in [3.8, 4) is 11.1 Å². The topological polar surface area (TPSA) is 95.9 Å². The summed E-state index contributed by atoms with van der Waals surface area (Å²) in [4.78, 5) is 38.7. The van der Waals surface area contributed by atoms with Gasteiger partial charge in [0.05, 0.1) is 5.92 Å². The molecule has 2 N–H and O–H groups in total. The summed E-state index contributed by atoms with van der Waals surface area (Å²) in [5.41, 5.74) is 4.54. The SMILES string of the molecule is CC[C@H](NC(=O)OCC1c2ccccc2-c2ccccc21)C(=O)N1CCC(C)C(C(=O)O)C1. The van der Waals surface area contributed by atoms with Crippen LogP contribution in [0.2, 0.25) is 0 Å². The highest BCUT2D eigenvalue weighted by molar-refractivity contribution is 5.86. The molecule has 174 valence electrons. The normalized spacial score (nSPS) is 20.5. The molecule has 33 heavy (non-hydrogen) atoms. The number of aliphatic carboxylic acids is 1. The maximum Gasteiger partial charge on any atom is 0.407 e. The van der Waals surface area contributed by atoms with E-state index in [9.17, 15) is 19.5 Å². The van der Waals surface area contributed by atoms with Crippen molar-refractivity contribution in [1.29, 1.82) is 0 Å². The average Bonchev–Trinajstić information content (AvgIpc) is 3.14. The molecule has 0 saturated carbocycles. The molecule has 2 amide bonds. The van der Waals surface area contributed by atoms with Gasteiger partial charge in [0.15, 0.2) is 0 Å². The van der Waals surface area contributed by atoms with E-state index in [1.165, 1.54) is 0 Å². The second kappa shape index (κ2) is 9.65. The third-order valence-electron chi connectivity index (χ3n) is 6.93. The molecule has 7 heteroatoms. The van der Waals surface area contributed by atoms with E-state index in [2.05, 4.69) is 29.6 Å². The van der Waals surface area contributed by atoms with Gasteiger partial charge in [-0.05, 0) is 41.0 Å². The first-order valence-electron chi connectivity index (χ1n) is 11.5. The van der Waals surface area contributed by atoms with Gasteiger partial charge in [-0.15, -0.1) is 0 Å². The molecule has 1 heterocycles. The van der Waals surface area contributed by atoms with E-state index in [-0.39, 0.29) is 30.9 Å². The van der Waals surface area contributed by atoms with Gasteiger partial charge in [-0.3, -0.25) is 9.59 Å². The quantitative estimate of drug-likeness (QED) is 0.697. The molecule has 1 fully saturated rings. The van der Waals surface area contributed by atoms with Crippen LogP contribution in [0, 0.1) is 11.8 Å². The average molecular weight is 451 g/mol. The van der Waals surface area contributed by atoms with Crippen molar-refractivity contribution in [2.45, 2.75) is 38.6 Å². The maximum absolute atomic E-state index is 13.0. The largest absolute Gasteiger partial charge is 0.481 e. The van der Waals surface area contributed by atoms with Crippen molar-refractivity contribution >= 4 is 18.0 Å². The first-order valence-corrected chi connectivity index (χ1v) is 11.5. The summed E-state index contributed by atoms with van der Waals surface area (Å²) < 4.78 is 5.57. The summed E-state index contributed by atoms with van der Waals surface area (Å²) in [6, 6.07) is 15.5. The number of rotatable bonds is 6. The summed E-state index contributed by atoms with van der Waals surface area (Å²) in [7, 11) is 0. The summed E-state index contributed by atoms with van der Waals surface area (Å²) in [6.07, 6.45) is 0.383. The van der Waals surface area contributed by atoms with Crippen LogP contribution in [-0.4, -0.2) is 53.7 Å². The van der Waals surface area contributed by atoms with Gasteiger partial charge in [0.1, 0.15) is 12.6 Å². The van der Waals surface area contributed by atoms with Crippen LogP contribution in [0.1, 0.15) is 43.7 Å². The van der Waals surface area contributed by atoms with Gasteiger partial charge in [-0.25, -0.2) is 4.79 Å². The number of nitrogens with zero attached hydrogens (tertiary/aromatic N) is 1. The van der Waals surface area contributed by atoms with Crippen LogP contribution in [0.25, 0.3) is 11.1 Å². The number of carbonyl (C=O) groups excluding carboxylic acids is 2. The molecule has 0 bridgehead atoms. The van der Waals surface area contributed by atoms with E-state index in [0.717, 1.165) is 22.3 Å². The maximum atomic E-state index is 13.0. The first kappa shape index (κ1) is 22.8. The van der Waals surface area contributed by atoms with Crippen molar-refractivity contribution in [3.05, 3.63) is 59.7 Å². The lowest BCUT2D eigenvalue weighted by atomic mass is 9.87. The number of likely N-dealkylation sites (tertiary alicyclic amines) is 1. The first-order chi connectivity index (χ1) is 15.9. The van der Waals surface area contributed by atoms with Gasteiger partial charge < -0.3 is 20.1 Å². The van der Waals surface area contributed by atoms with Crippen molar-refractivity contribution in [2.24, 2.45) is 11.8 Å². The number of alkyl carbamates (subject to hydrolysis) is 1. The molecule has 7 nitrogen and oxygen atoms in total. The zero-order chi connectivity index (χ0) is 23.5. The van der Waals surface area contributed by atoms with Crippen LogP contribution >= 0.6 is 0 Å². The predicted molar refractivity (Wildman–Crippen MR) is 124 cm³/mol. The Kier molecular flexibility index (Phi) is 6.67. The monoisotopic (exact) mass is 450 g/mol. The third kappa shape index (κ3) is 4.58. The number of hydrogen-bond acceptors (Lipinski definition) is 4. The standard InChI is InChI=1S/C26H30N2O5/c1-3-23(24(29)28-13-12-16(2)21(14-28)25(30)31)27-26(32)33-15-22-19-10-6-4-8-17(19)18-9-5-7-11-20(18)22/h4-11,16,21-23H,3,12-15H2,1-2H3,(H,27,32)(H,30,31)/t16?,21?,23-/m0/s1. The van der Waals surface area contributed by atoms with Gasteiger partial charge in [-0.1, -0.05) is 62.4 Å². The Balaban J connectivity index is 1.38. The van der Waals surface area contributed by atoms with E-state index in [1.807, 2.05) is 38.1 Å². The van der Waals surface area contributed by atoms with Crippen molar-refractivity contribution < 1.29 is 24.2 Å². The molecule has 4 rings (SSSR count). The minimum atomic E-state index is -0.891. The molecule has 1 aliphatic carbocycles. The molecule has 2 aliphatic rings. The highest BCUT2D eigenvalue weighted by atomic mass is 16.5. The second-order valence-electron chi connectivity index (χ2n) is 8.93. The van der Waals surface area contributed by atoms with Gasteiger partial charge in [0, 0.05) is 19.0 Å². The number of benzene rings is 2. The highest BCUT2D eigenvalue weighted by Crippen LogP contribution is 2.44. The Morgan fingerprint density at radius 2 is 1.70 bits per heavy atom. The number of hydrogen-bond donors (Lipinski definition) is 2. The number of carboxylic acids is 1. The van der Waals surface area contributed by atoms with Gasteiger partial charge in [0.25, 0.3) is 0 Å². The molecular formula is C26H30N2O5. The molecule has 2 aromatic rings. The van der Waals surface area contributed by atoms with Crippen molar-refractivity contribution in [3.63, 3.8) is 0 Å². The number of amides is 2. The molecule has 1 saturated heterocycles. The van der Waals surface area contributed by atoms with Crippen molar-refractivity contribution in [1.82, 2.24) is 10.2 Å². The summed E-state index contributed by atoms with van der Waals surface area (Å²) in [5, 5.41) is 12.1. The number of piperidine rings is 1. The summed E-state index contributed by atoms with van der Waals surface area (Å²) in [5.74, 6) is -1.78. The van der Waals surface area contributed by atoms with Crippen LogP contribution in [0.3, 0.4) is 0 Å². The van der Waals surface area contributed by atoms with E-state index in [4.69, 9.17) is 4.74 Å². The Morgan fingerprint density at radius 1 is 1.09 bits per heavy atom. The Labute approximate surface area is 193 Å². The van der Waals surface area contributed by atoms with E-state index in [0.29, 0.717) is 19.4 Å². The fourth-order valence-corrected chi connectivity index (χ4v) is 4.93. The number of fused-ring (bicyclic) bond motifs is 3. The van der Waals surface area contributed by atoms with Crippen LogP contribution < -0.4 is 5.32 Å². The lowest BCUT2D eigenvalue weighted by Gasteiger charge is -2.36. The van der Waals surface area contributed by atoms with Gasteiger partial charge in [0.2, 0.25) is 5.91 Å². The zero-order valence-electron chi connectivity index (χ0n) is 19.0. The predicted octanol–water partition coefficient (Wildman–Crippen LogP) is 3.87. The molecule has 0 aromatic heterocycles. The lowest BCUT2D eigenvalue weighted by Crippen LogP contribution is -2.53. The number of ether oxygens (including phenoxy) is 1. The smallest absolute Gasteiger partial charge is 0.407 e. The molecule has 0 radical (unpaired) electrons. The Morgan fingerprint density at radius 3 is 2.27 bits per heavy atom. The van der Waals surface area contributed by atoms with Crippen LogP contribution in [0.4, 0.5) is 4.79 Å². The fraction of sp³-hybridized carbons (Fsp3) is 0.423. The van der Waals surface area contributed by atoms with Crippen LogP contribution in [0.5, 0.6) is 0 Å². The molecule has 2 aromatic carbocycles. The summed E-state index contributed by atoms with van der Waals surface area (Å²) >= 11 is 0. The number of carboxylic acid groups (broad SMARTS) is 1.